The maximum absolute atomic E-state index is 14.3. The Bertz CT molecular complexity index is 2540. The number of carbonyl (C=O) groups excluding carboxylic acids is 2. The summed E-state index contributed by atoms with van der Waals surface area (Å²) in [5.41, 5.74) is 9.47. The van der Waals surface area contributed by atoms with Crippen LogP contribution in [0.1, 0.15) is 86.7 Å². The number of aromatic hydroxyl groups is 1. The molecule has 2 aliphatic heterocycles. The Hall–Kier alpha value is -5.64. The number of fused-ring (bicyclic) bond motifs is 3. The number of benzene rings is 2. The molecule has 0 radical (unpaired) electrons. The maximum atomic E-state index is 14.3. The van der Waals surface area contributed by atoms with Gasteiger partial charge in [0.15, 0.2) is 17.2 Å². The van der Waals surface area contributed by atoms with Gasteiger partial charge in [-0.1, -0.05) is 55.4 Å². The number of hydrogen-bond donors (Lipinski definition) is 5. The van der Waals surface area contributed by atoms with Gasteiger partial charge in [0, 0.05) is 54.8 Å². The summed E-state index contributed by atoms with van der Waals surface area (Å²) in [5.74, 6) is 0.584. The number of hydrogen-bond acceptors (Lipinski definition) is 12. The molecule has 0 saturated carbocycles. The fourth-order valence-corrected chi connectivity index (χ4v) is 10.4. The van der Waals surface area contributed by atoms with Crippen molar-refractivity contribution in [1.82, 2.24) is 40.9 Å². The average molecular weight is 858 g/mol. The molecular weight excluding hydrogens is 803 g/mol. The Kier molecular flexibility index (Phi) is 11.8. The molecule has 2 amide bonds. The normalized spacial score (nSPS) is 20.5. The number of piperidine rings is 1. The van der Waals surface area contributed by atoms with E-state index in [1.807, 2.05) is 81.7 Å². The Morgan fingerprint density at radius 3 is 2.56 bits per heavy atom. The van der Waals surface area contributed by atoms with Gasteiger partial charge in [-0.2, -0.15) is 0 Å². The number of anilines is 1. The lowest BCUT2D eigenvalue weighted by Gasteiger charge is -2.33. The summed E-state index contributed by atoms with van der Waals surface area (Å²) in [4.78, 5) is 40.8. The number of aromatic nitrogens is 5. The smallest absolute Gasteiger partial charge is 0.243 e. The topological polar surface area (TPSA) is 186 Å². The number of H-pyrrole nitrogens is 1. The number of carbonyl (C=O) groups is 2. The van der Waals surface area contributed by atoms with E-state index in [1.54, 1.807) is 23.5 Å². The van der Waals surface area contributed by atoms with Crippen molar-refractivity contribution in [3.63, 3.8) is 0 Å². The van der Waals surface area contributed by atoms with Gasteiger partial charge in [0.2, 0.25) is 11.8 Å². The van der Waals surface area contributed by atoms with Gasteiger partial charge < -0.3 is 40.2 Å². The van der Waals surface area contributed by atoms with Crippen LogP contribution in [0, 0.1) is 18.8 Å². The number of nitrogens with one attached hydrogen (secondary N) is 3. The minimum absolute atomic E-state index is 0.0824. The molecule has 5 atom stereocenters. The van der Waals surface area contributed by atoms with Crippen LogP contribution < -0.4 is 15.5 Å². The van der Waals surface area contributed by atoms with Gasteiger partial charge in [-0.3, -0.25) is 9.59 Å². The van der Waals surface area contributed by atoms with Crippen LogP contribution in [0.15, 0.2) is 70.7 Å². The number of phenolic OH excluding ortho intramolecular Hbond substituents is 1. The molecule has 4 aromatic heterocycles. The highest BCUT2D eigenvalue weighted by atomic mass is 32.1. The first-order valence-electron chi connectivity index (χ1n) is 21.9. The molecule has 2 aromatic carbocycles. The van der Waals surface area contributed by atoms with Gasteiger partial charge in [0.05, 0.1) is 33.9 Å². The van der Waals surface area contributed by atoms with E-state index in [-0.39, 0.29) is 42.5 Å². The van der Waals surface area contributed by atoms with Crippen LogP contribution in [-0.2, 0) is 22.4 Å². The number of β-amino-alcohol motifs (C(OH)–C–C–N with tert-alkyl or cyclic N) is 1. The first-order valence-corrected chi connectivity index (χ1v) is 22.8. The number of para-hydroxylation sites is 1. The van der Waals surface area contributed by atoms with E-state index >= 15 is 0 Å². The monoisotopic (exact) mass is 857 g/mol. The Morgan fingerprint density at radius 2 is 1.82 bits per heavy atom. The third kappa shape index (κ3) is 8.45. The summed E-state index contributed by atoms with van der Waals surface area (Å²) in [5, 5.41) is 42.5. The predicted molar refractivity (Wildman–Crippen MR) is 239 cm³/mol. The number of aliphatic hydroxyl groups excluding tert-OH is 1. The van der Waals surface area contributed by atoms with Crippen molar-refractivity contribution in [2.45, 2.75) is 96.4 Å². The molecule has 62 heavy (non-hydrogen) atoms. The lowest BCUT2D eigenvalue weighted by molar-refractivity contribution is -0.141. The summed E-state index contributed by atoms with van der Waals surface area (Å²) >= 11 is 1.60. The quantitative estimate of drug-likeness (QED) is 0.0883. The molecule has 0 unspecified atom stereocenters. The third-order valence-corrected chi connectivity index (χ3v) is 14.1. The zero-order chi connectivity index (χ0) is 43.1. The summed E-state index contributed by atoms with van der Waals surface area (Å²) in [6.07, 6.45) is 4.27. The number of amides is 2. The highest BCUT2D eigenvalue weighted by molar-refractivity contribution is 7.13. The molecule has 14 nitrogen and oxygen atoms in total. The molecule has 3 aliphatic rings. The maximum Gasteiger partial charge on any atom is 0.243 e. The number of aryl methyl sites for hydroxylation is 2. The lowest BCUT2D eigenvalue weighted by Crippen LogP contribution is -2.48. The van der Waals surface area contributed by atoms with Crippen LogP contribution in [-0.4, -0.2) is 96.6 Å². The molecule has 15 heteroatoms. The van der Waals surface area contributed by atoms with Crippen molar-refractivity contribution in [2.24, 2.45) is 11.8 Å². The zero-order valence-corrected chi connectivity index (χ0v) is 36.5. The fraction of sp³-hybridized carbons (Fsp3) is 0.447. The summed E-state index contributed by atoms with van der Waals surface area (Å²) in [7, 11) is 0. The Morgan fingerprint density at radius 1 is 1.03 bits per heavy atom. The van der Waals surface area contributed by atoms with Crippen molar-refractivity contribution < 1.29 is 24.3 Å². The second-order valence-electron chi connectivity index (χ2n) is 17.7. The van der Waals surface area contributed by atoms with Crippen LogP contribution >= 0.6 is 11.3 Å². The molecule has 0 bridgehead atoms. The van der Waals surface area contributed by atoms with E-state index in [1.165, 1.54) is 16.2 Å². The highest BCUT2D eigenvalue weighted by Crippen LogP contribution is 2.36. The third-order valence-electron chi connectivity index (χ3n) is 13.2. The molecule has 2 fully saturated rings. The van der Waals surface area contributed by atoms with Crippen molar-refractivity contribution >= 4 is 40.0 Å². The number of rotatable bonds is 12. The Balaban J connectivity index is 0.787. The molecular formula is C47H55N9O5S. The van der Waals surface area contributed by atoms with Crippen LogP contribution in [0.25, 0.3) is 32.7 Å². The first-order chi connectivity index (χ1) is 30.0. The van der Waals surface area contributed by atoms with Gasteiger partial charge in [-0.25, -0.2) is 4.98 Å². The summed E-state index contributed by atoms with van der Waals surface area (Å²) in [6, 6.07) is 18.5. The predicted octanol–water partition coefficient (Wildman–Crippen LogP) is 6.69. The number of nitrogens with zero attached hydrogens (tertiary/aromatic N) is 6. The van der Waals surface area contributed by atoms with Gasteiger partial charge in [0.25, 0.3) is 0 Å². The van der Waals surface area contributed by atoms with Gasteiger partial charge in [-0.05, 0) is 99.2 Å². The second kappa shape index (κ2) is 17.6. The van der Waals surface area contributed by atoms with Gasteiger partial charge in [-0.15, -0.1) is 21.5 Å². The van der Waals surface area contributed by atoms with Gasteiger partial charge >= 0.3 is 0 Å². The standard InChI is InChI=1S/C47H55N9O5S/c1-26(2)43(47(60)56-24-33(57)20-39(56)46(59)50-27(3)30-9-11-31(12-10-30)44-28(4)49-25-62-44)41-22-42(54-61-41)55-17-15-29(16-18-55)23-48-32-13-14-37-35(19-32)36-21-38(52-53-45(36)51-37)34-7-5-6-8-40(34)58/h5-12,21-22,25-27,29,32-33,39,43,48,57-58H,13-20,23-24H2,1-4H3,(H,50,59)(H,51,53)/t27-,32+,33+,39-,43+/m0/s1. The number of likely N-dealkylation sites (tertiary alicyclic amines) is 1. The minimum Gasteiger partial charge on any atom is -0.507 e. The Labute approximate surface area is 365 Å². The summed E-state index contributed by atoms with van der Waals surface area (Å²) < 4.78 is 5.91. The largest absolute Gasteiger partial charge is 0.507 e. The molecule has 324 valence electrons. The SMILES string of the molecule is Cc1ncsc1-c1ccc([C@H](C)NC(=O)[C@@H]2C[C@@H](O)CN2C(=O)[C@@H](c2cc(N3CCC(CN[C@@H]4CCc5[nH]c6nnc(-c7ccccc7O)cc6c5C4)CC3)no2)C(C)C)cc1. The van der Waals surface area contributed by atoms with Crippen LogP contribution in [0.4, 0.5) is 5.82 Å². The zero-order valence-electron chi connectivity index (χ0n) is 35.7. The molecule has 9 rings (SSSR count). The van der Waals surface area contributed by atoms with Crippen LogP contribution in [0.3, 0.4) is 0 Å². The van der Waals surface area contributed by atoms with Crippen molar-refractivity contribution in [3.8, 4) is 27.4 Å². The molecule has 6 heterocycles. The van der Waals surface area contributed by atoms with E-state index in [4.69, 9.17) is 4.52 Å². The van der Waals surface area contributed by atoms with E-state index in [2.05, 4.69) is 40.9 Å². The van der Waals surface area contributed by atoms with E-state index in [9.17, 15) is 19.8 Å². The molecule has 2 saturated heterocycles. The van der Waals surface area contributed by atoms with Crippen molar-refractivity contribution in [2.75, 3.05) is 31.1 Å². The van der Waals surface area contributed by atoms with Crippen LogP contribution in [0.5, 0.6) is 5.75 Å². The second-order valence-corrected chi connectivity index (χ2v) is 18.5. The van der Waals surface area contributed by atoms with E-state index < -0.39 is 18.1 Å². The van der Waals surface area contributed by atoms with Crippen LogP contribution in [0.2, 0.25) is 0 Å². The highest BCUT2D eigenvalue weighted by Gasteiger charge is 2.44. The van der Waals surface area contributed by atoms with E-state index in [0.717, 1.165) is 90.3 Å². The first kappa shape index (κ1) is 41.7. The number of phenols is 1. The lowest BCUT2D eigenvalue weighted by atomic mass is 9.90. The molecule has 0 spiro atoms. The average Bonchev–Trinajstić information content (AvgIpc) is 4.09. The number of aromatic amines is 1. The molecule has 1 aliphatic carbocycles. The van der Waals surface area contributed by atoms with Crippen molar-refractivity contribution in [1.29, 1.82) is 0 Å². The van der Waals surface area contributed by atoms with Crippen molar-refractivity contribution in [3.05, 3.63) is 94.4 Å². The van der Waals surface area contributed by atoms with E-state index in [0.29, 0.717) is 29.0 Å². The summed E-state index contributed by atoms with van der Waals surface area (Å²) in [6.45, 7) is 10.5. The molecule has 6 aromatic rings. The minimum atomic E-state index is -0.802. The van der Waals surface area contributed by atoms with Gasteiger partial charge in [0.1, 0.15) is 17.7 Å². The number of thiazole rings is 1. The number of aliphatic hydroxyl groups is 1. The molecule has 5 N–H and O–H groups in total. The fourth-order valence-electron chi connectivity index (χ4n) is 9.59.